The van der Waals surface area contributed by atoms with Crippen molar-refractivity contribution in [1.82, 2.24) is 9.88 Å². The number of aromatic nitrogens is 1. The number of nitrogens with one attached hydrogen (secondary N) is 1. The van der Waals surface area contributed by atoms with Crippen molar-refractivity contribution in [3.05, 3.63) is 24.0 Å². The van der Waals surface area contributed by atoms with Crippen LogP contribution in [0.15, 0.2) is 18.3 Å². The number of carbonyl (C=O) groups is 1. The Morgan fingerprint density at radius 1 is 1.43 bits per heavy atom. The maximum Gasteiger partial charge on any atom is 0.272 e. The highest BCUT2D eigenvalue weighted by molar-refractivity contribution is 5.92. The molecule has 116 valence electrons. The molecule has 0 aliphatic carbocycles. The van der Waals surface area contributed by atoms with Gasteiger partial charge in [0.2, 0.25) is 0 Å². The zero-order chi connectivity index (χ0) is 15.1. The van der Waals surface area contributed by atoms with Crippen molar-refractivity contribution in [2.45, 2.75) is 45.1 Å². The molecule has 2 heterocycles. The van der Waals surface area contributed by atoms with Gasteiger partial charge in [0.05, 0.1) is 24.5 Å². The number of likely N-dealkylation sites (tertiary alicyclic amines) is 1. The second kappa shape index (κ2) is 7.98. The molecular weight excluding hydrogens is 266 g/mol. The number of carbonyl (C=O) groups excluding carboxylic acids is 1. The summed E-state index contributed by atoms with van der Waals surface area (Å²) in [5, 5.41) is 12.7. The Balaban J connectivity index is 2.06. The summed E-state index contributed by atoms with van der Waals surface area (Å²) in [6.07, 6.45) is 6.81. The van der Waals surface area contributed by atoms with E-state index in [2.05, 4.69) is 17.2 Å². The van der Waals surface area contributed by atoms with E-state index in [0.29, 0.717) is 12.2 Å². The molecule has 1 aliphatic heterocycles. The zero-order valence-electron chi connectivity index (χ0n) is 12.7. The number of pyridine rings is 1. The maximum atomic E-state index is 12.6. The van der Waals surface area contributed by atoms with Crippen LogP contribution in [0.5, 0.6) is 0 Å². The van der Waals surface area contributed by atoms with Gasteiger partial charge in [-0.05, 0) is 31.4 Å². The standard InChI is InChI=1S/C16H25N3O2/c1-2-9-17-13-7-8-15(18-11-13)16(21)19-10-5-3-4-6-14(19)12-20/h7-8,11,14,17,20H,2-6,9-10,12H2,1H3. The van der Waals surface area contributed by atoms with E-state index in [1.165, 1.54) is 0 Å². The van der Waals surface area contributed by atoms with Crippen LogP contribution in [0.4, 0.5) is 5.69 Å². The van der Waals surface area contributed by atoms with Crippen LogP contribution >= 0.6 is 0 Å². The number of hydrogen-bond donors (Lipinski definition) is 2. The van der Waals surface area contributed by atoms with Gasteiger partial charge in [0.15, 0.2) is 0 Å². The van der Waals surface area contributed by atoms with Crippen LogP contribution in [0.1, 0.15) is 49.5 Å². The van der Waals surface area contributed by atoms with Gasteiger partial charge < -0.3 is 15.3 Å². The van der Waals surface area contributed by atoms with Gasteiger partial charge in [-0.25, -0.2) is 4.98 Å². The summed E-state index contributed by atoms with van der Waals surface area (Å²) in [4.78, 5) is 18.6. The lowest BCUT2D eigenvalue weighted by Crippen LogP contribution is -2.42. The molecule has 2 N–H and O–H groups in total. The number of rotatable bonds is 5. The lowest BCUT2D eigenvalue weighted by atomic mass is 10.1. The average Bonchev–Trinajstić information content (AvgIpc) is 2.78. The molecule has 1 unspecified atom stereocenters. The van der Waals surface area contributed by atoms with Gasteiger partial charge >= 0.3 is 0 Å². The van der Waals surface area contributed by atoms with Crippen molar-refractivity contribution in [3.8, 4) is 0 Å². The molecule has 0 aromatic carbocycles. The van der Waals surface area contributed by atoms with Crippen LogP contribution in [0, 0.1) is 0 Å². The van der Waals surface area contributed by atoms with Gasteiger partial charge in [0, 0.05) is 13.1 Å². The minimum absolute atomic E-state index is 0.0296. The predicted octanol–water partition coefficient (Wildman–Crippen LogP) is 2.28. The topological polar surface area (TPSA) is 65.5 Å². The zero-order valence-corrected chi connectivity index (χ0v) is 12.7. The van der Waals surface area contributed by atoms with Gasteiger partial charge in [-0.3, -0.25) is 4.79 Å². The largest absolute Gasteiger partial charge is 0.394 e. The van der Waals surface area contributed by atoms with E-state index >= 15 is 0 Å². The summed E-state index contributed by atoms with van der Waals surface area (Å²) in [7, 11) is 0. The van der Waals surface area contributed by atoms with E-state index in [1.807, 2.05) is 6.07 Å². The monoisotopic (exact) mass is 291 g/mol. The van der Waals surface area contributed by atoms with Gasteiger partial charge in [-0.15, -0.1) is 0 Å². The first-order valence-corrected chi connectivity index (χ1v) is 7.88. The Morgan fingerprint density at radius 2 is 2.29 bits per heavy atom. The fraction of sp³-hybridized carbons (Fsp3) is 0.625. The predicted molar refractivity (Wildman–Crippen MR) is 83.4 cm³/mol. The normalized spacial score (nSPS) is 19.1. The number of aliphatic hydroxyl groups is 1. The van der Waals surface area contributed by atoms with Gasteiger partial charge in [0.25, 0.3) is 5.91 Å². The number of amides is 1. The third-order valence-corrected chi connectivity index (χ3v) is 3.91. The fourth-order valence-electron chi connectivity index (χ4n) is 2.68. The summed E-state index contributed by atoms with van der Waals surface area (Å²) >= 11 is 0. The molecule has 1 atom stereocenters. The SMILES string of the molecule is CCCNc1ccc(C(=O)N2CCCCCC2CO)nc1. The van der Waals surface area contributed by atoms with Gasteiger partial charge in [-0.1, -0.05) is 19.8 Å². The van der Waals surface area contributed by atoms with Crippen LogP contribution < -0.4 is 5.32 Å². The Bertz CT molecular complexity index is 447. The van der Waals surface area contributed by atoms with E-state index in [-0.39, 0.29) is 18.6 Å². The fourth-order valence-corrected chi connectivity index (χ4v) is 2.68. The van der Waals surface area contributed by atoms with E-state index in [0.717, 1.165) is 44.3 Å². The minimum Gasteiger partial charge on any atom is -0.394 e. The van der Waals surface area contributed by atoms with Crippen molar-refractivity contribution in [2.24, 2.45) is 0 Å². The molecule has 1 fully saturated rings. The van der Waals surface area contributed by atoms with Gasteiger partial charge in [0.1, 0.15) is 5.69 Å². The van der Waals surface area contributed by atoms with Crippen molar-refractivity contribution >= 4 is 11.6 Å². The van der Waals surface area contributed by atoms with Crippen LogP contribution in [0.3, 0.4) is 0 Å². The first-order chi connectivity index (χ1) is 10.3. The van der Waals surface area contributed by atoms with E-state index in [9.17, 15) is 9.90 Å². The Hall–Kier alpha value is -1.62. The molecular formula is C16H25N3O2. The summed E-state index contributed by atoms with van der Waals surface area (Å²) in [6.45, 7) is 3.74. The molecule has 2 rings (SSSR count). The first-order valence-electron chi connectivity index (χ1n) is 7.88. The minimum atomic E-state index is -0.0713. The number of anilines is 1. The molecule has 21 heavy (non-hydrogen) atoms. The first kappa shape index (κ1) is 15.8. The quantitative estimate of drug-likeness (QED) is 0.873. The molecule has 5 heteroatoms. The number of nitrogens with zero attached hydrogens (tertiary/aromatic N) is 2. The lowest BCUT2D eigenvalue weighted by molar-refractivity contribution is 0.0594. The molecule has 5 nitrogen and oxygen atoms in total. The Kier molecular flexibility index (Phi) is 5.99. The van der Waals surface area contributed by atoms with Gasteiger partial charge in [-0.2, -0.15) is 0 Å². The summed E-state index contributed by atoms with van der Waals surface area (Å²) < 4.78 is 0. The summed E-state index contributed by atoms with van der Waals surface area (Å²) in [5.74, 6) is -0.0713. The highest BCUT2D eigenvalue weighted by Crippen LogP contribution is 2.19. The molecule has 0 spiro atoms. The molecule has 0 saturated carbocycles. The third kappa shape index (κ3) is 4.17. The molecule has 1 aromatic rings. The molecule has 1 saturated heterocycles. The average molecular weight is 291 g/mol. The van der Waals surface area contributed by atoms with Crippen molar-refractivity contribution in [3.63, 3.8) is 0 Å². The van der Waals surface area contributed by atoms with Crippen LogP contribution in [0.2, 0.25) is 0 Å². The number of hydrogen-bond acceptors (Lipinski definition) is 4. The second-order valence-electron chi connectivity index (χ2n) is 5.54. The molecule has 0 radical (unpaired) electrons. The van der Waals surface area contributed by atoms with Crippen molar-refractivity contribution in [1.29, 1.82) is 0 Å². The maximum absolute atomic E-state index is 12.6. The summed E-state index contributed by atoms with van der Waals surface area (Å²) in [6, 6.07) is 3.58. The van der Waals surface area contributed by atoms with Crippen LogP contribution in [-0.2, 0) is 0 Å². The molecule has 1 aromatic heterocycles. The third-order valence-electron chi connectivity index (χ3n) is 3.91. The Labute approximate surface area is 126 Å². The molecule has 1 aliphatic rings. The highest BCUT2D eigenvalue weighted by atomic mass is 16.3. The van der Waals surface area contributed by atoms with Crippen molar-refractivity contribution < 1.29 is 9.90 Å². The van der Waals surface area contributed by atoms with Crippen LogP contribution in [-0.4, -0.2) is 46.6 Å². The Morgan fingerprint density at radius 3 is 2.95 bits per heavy atom. The highest BCUT2D eigenvalue weighted by Gasteiger charge is 2.26. The van der Waals surface area contributed by atoms with E-state index < -0.39 is 0 Å². The van der Waals surface area contributed by atoms with E-state index in [4.69, 9.17) is 0 Å². The summed E-state index contributed by atoms with van der Waals surface area (Å²) in [5.41, 5.74) is 1.39. The lowest BCUT2D eigenvalue weighted by Gasteiger charge is -2.28. The smallest absolute Gasteiger partial charge is 0.272 e. The molecule has 1 amide bonds. The van der Waals surface area contributed by atoms with Crippen LogP contribution in [0.25, 0.3) is 0 Å². The molecule has 0 bridgehead atoms. The second-order valence-corrected chi connectivity index (χ2v) is 5.54. The van der Waals surface area contributed by atoms with Crippen molar-refractivity contribution in [2.75, 3.05) is 25.0 Å². The van der Waals surface area contributed by atoms with E-state index in [1.54, 1.807) is 17.2 Å². The number of aliphatic hydroxyl groups excluding tert-OH is 1.